The molecule has 0 saturated heterocycles. The molecule has 0 unspecified atom stereocenters. The molecule has 0 saturated carbocycles. The van der Waals surface area contributed by atoms with Gasteiger partial charge in [0.15, 0.2) is 5.65 Å². The highest BCUT2D eigenvalue weighted by atomic mass is 35.5. The number of hydrogen-bond donors (Lipinski definition) is 1. The predicted molar refractivity (Wildman–Crippen MR) is 108 cm³/mol. The standard InChI is InChI=1S/C20H23ClN4O2/c1-11(2)10-27-17-7-6-14(9-16(17)21)23-20(26)15-8-12(3)22-19-18(15)13(4)24-25(19)5/h6-9,11H,10H2,1-5H3,(H,23,26). The van der Waals surface area contributed by atoms with Crippen molar-refractivity contribution in [2.75, 3.05) is 11.9 Å². The Morgan fingerprint density at radius 3 is 2.70 bits per heavy atom. The van der Waals surface area contributed by atoms with E-state index in [0.29, 0.717) is 40.2 Å². The Morgan fingerprint density at radius 2 is 2.04 bits per heavy atom. The zero-order chi connectivity index (χ0) is 19.7. The molecule has 142 valence electrons. The zero-order valence-corrected chi connectivity index (χ0v) is 16.9. The maximum absolute atomic E-state index is 12.9. The van der Waals surface area contributed by atoms with Crippen molar-refractivity contribution in [3.05, 3.63) is 46.2 Å². The first kappa shape index (κ1) is 19.2. The van der Waals surface area contributed by atoms with Crippen molar-refractivity contribution in [3.8, 4) is 5.75 Å². The SMILES string of the molecule is Cc1cc(C(=O)Nc2ccc(OCC(C)C)c(Cl)c2)c2c(C)nn(C)c2n1. The second kappa shape index (κ2) is 7.56. The number of ether oxygens (including phenoxy) is 1. The summed E-state index contributed by atoms with van der Waals surface area (Å²) in [5, 5.41) is 8.50. The van der Waals surface area contributed by atoms with Gasteiger partial charge in [0.25, 0.3) is 5.91 Å². The molecular weight excluding hydrogens is 364 g/mol. The zero-order valence-electron chi connectivity index (χ0n) is 16.1. The van der Waals surface area contributed by atoms with Crippen LogP contribution in [0.15, 0.2) is 24.3 Å². The minimum absolute atomic E-state index is 0.228. The molecule has 0 spiro atoms. The van der Waals surface area contributed by atoms with Gasteiger partial charge in [0.1, 0.15) is 5.75 Å². The summed E-state index contributed by atoms with van der Waals surface area (Å²) in [5.74, 6) is 0.780. The van der Waals surface area contributed by atoms with Crippen LogP contribution in [0.3, 0.4) is 0 Å². The Kier molecular flexibility index (Phi) is 5.37. The number of rotatable bonds is 5. The van der Waals surface area contributed by atoms with Crippen LogP contribution < -0.4 is 10.1 Å². The van der Waals surface area contributed by atoms with Crippen molar-refractivity contribution in [1.29, 1.82) is 0 Å². The van der Waals surface area contributed by atoms with Gasteiger partial charge in [-0.05, 0) is 44.0 Å². The smallest absolute Gasteiger partial charge is 0.256 e. The molecule has 0 bridgehead atoms. The van der Waals surface area contributed by atoms with Crippen molar-refractivity contribution in [3.63, 3.8) is 0 Å². The van der Waals surface area contributed by atoms with Crippen LogP contribution >= 0.6 is 11.6 Å². The number of carbonyl (C=O) groups is 1. The van der Waals surface area contributed by atoms with Gasteiger partial charge < -0.3 is 10.1 Å². The third-order valence-electron chi connectivity index (χ3n) is 4.10. The molecular formula is C20H23ClN4O2. The highest BCUT2D eigenvalue weighted by molar-refractivity contribution is 6.32. The maximum Gasteiger partial charge on any atom is 0.256 e. The lowest BCUT2D eigenvalue weighted by Gasteiger charge is -2.12. The average Bonchev–Trinajstić information content (AvgIpc) is 2.87. The van der Waals surface area contributed by atoms with Crippen LogP contribution in [0.5, 0.6) is 5.75 Å². The normalized spacial score (nSPS) is 11.2. The number of anilines is 1. The number of nitrogens with one attached hydrogen (secondary N) is 1. The molecule has 3 aromatic rings. The lowest BCUT2D eigenvalue weighted by Crippen LogP contribution is -2.13. The topological polar surface area (TPSA) is 69.0 Å². The van der Waals surface area contributed by atoms with Crippen LogP contribution in [-0.4, -0.2) is 27.3 Å². The molecule has 27 heavy (non-hydrogen) atoms. The second-order valence-corrected chi connectivity index (χ2v) is 7.43. The first-order valence-electron chi connectivity index (χ1n) is 8.81. The molecule has 1 N–H and O–H groups in total. The van der Waals surface area contributed by atoms with Gasteiger partial charge >= 0.3 is 0 Å². The van der Waals surface area contributed by atoms with Crippen molar-refractivity contribution in [2.24, 2.45) is 13.0 Å². The molecule has 3 rings (SSSR count). The molecule has 0 aliphatic heterocycles. The average molecular weight is 387 g/mol. The van der Waals surface area contributed by atoms with Gasteiger partial charge in [-0.3, -0.25) is 9.48 Å². The number of aromatic nitrogens is 3. The largest absolute Gasteiger partial charge is 0.492 e. The minimum atomic E-state index is -0.228. The number of amides is 1. The van der Waals surface area contributed by atoms with E-state index in [0.717, 1.165) is 16.8 Å². The van der Waals surface area contributed by atoms with E-state index in [1.54, 1.807) is 28.9 Å². The molecule has 1 amide bonds. The maximum atomic E-state index is 12.9. The lowest BCUT2D eigenvalue weighted by atomic mass is 10.1. The van der Waals surface area contributed by atoms with Crippen LogP contribution in [0, 0.1) is 19.8 Å². The first-order chi connectivity index (χ1) is 12.8. The number of aryl methyl sites for hydroxylation is 3. The van der Waals surface area contributed by atoms with Gasteiger partial charge in [-0.1, -0.05) is 25.4 Å². The summed E-state index contributed by atoms with van der Waals surface area (Å²) in [5.41, 5.74) is 3.35. The Hall–Kier alpha value is -2.60. The lowest BCUT2D eigenvalue weighted by molar-refractivity contribution is 0.102. The van der Waals surface area contributed by atoms with Crippen LogP contribution in [0.25, 0.3) is 11.0 Å². The first-order valence-corrected chi connectivity index (χ1v) is 9.18. The van der Waals surface area contributed by atoms with E-state index in [1.165, 1.54) is 0 Å². The Bertz CT molecular complexity index is 1010. The van der Waals surface area contributed by atoms with Gasteiger partial charge in [-0.15, -0.1) is 0 Å². The number of pyridine rings is 1. The number of halogens is 1. The van der Waals surface area contributed by atoms with E-state index in [-0.39, 0.29) is 5.91 Å². The monoisotopic (exact) mass is 386 g/mol. The number of hydrogen-bond acceptors (Lipinski definition) is 4. The van der Waals surface area contributed by atoms with Gasteiger partial charge in [-0.25, -0.2) is 4.98 Å². The van der Waals surface area contributed by atoms with E-state index in [9.17, 15) is 4.79 Å². The van der Waals surface area contributed by atoms with Gasteiger partial charge in [-0.2, -0.15) is 5.10 Å². The van der Waals surface area contributed by atoms with Crippen LogP contribution in [0.4, 0.5) is 5.69 Å². The summed E-state index contributed by atoms with van der Waals surface area (Å²) >= 11 is 6.29. The Labute approximate surface area is 163 Å². The quantitative estimate of drug-likeness (QED) is 0.699. The molecule has 0 fully saturated rings. The van der Waals surface area contributed by atoms with Crippen molar-refractivity contribution >= 4 is 34.2 Å². The number of carbonyl (C=O) groups excluding carboxylic acids is 1. The van der Waals surface area contributed by atoms with Gasteiger partial charge in [0.05, 0.1) is 28.3 Å². The highest BCUT2D eigenvalue weighted by Gasteiger charge is 2.18. The molecule has 1 aromatic carbocycles. The van der Waals surface area contributed by atoms with Crippen LogP contribution in [0.1, 0.15) is 35.6 Å². The van der Waals surface area contributed by atoms with E-state index in [1.807, 2.05) is 20.9 Å². The molecule has 0 radical (unpaired) electrons. The summed E-state index contributed by atoms with van der Waals surface area (Å²) in [6, 6.07) is 7.01. The number of fused-ring (bicyclic) bond motifs is 1. The molecule has 0 atom stereocenters. The number of benzene rings is 1. The van der Waals surface area contributed by atoms with Crippen LogP contribution in [0.2, 0.25) is 5.02 Å². The van der Waals surface area contributed by atoms with E-state index >= 15 is 0 Å². The minimum Gasteiger partial charge on any atom is -0.492 e. The number of nitrogens with zero attached hydrogens (tertiary/aromatic N) is 3. The molecule has 6 nitrogen and oxygen atoms in total. The van der Waals surface area contributed by atoms with Crippen molar-refractivity contribution < 1.29 is 9.53 Å². The molecule has 0 aliphatic carbocycles. The van der Waals surface area contributed by atoms with E-state index in [4.69, 9.17) is 16.3 Å². The van der Waals surface area contributed by atoms with Gasteiger partial charge in [0, 0.05) is 18.4 Å². The van der Waals surface area contributed by atoms with Crippen LogP contribution in [-0.2, 0) is 7.05 Å². The summed E-state index contributed by atoms with van der Waals surface area (Å²) < 4.78 is 7.36. The van der Waals surface area contributed by atoms with E-state index < -0.39 is 0 Å². The van der Waals surface area contributed by atoms with Crippen molar-refractivity contribution in [2.45, 2.75) is 27.7 Å². The summed E-state index contributed by atoms with van der Waals surface area (Å²) in [4.78, 5) is 17.4. The summed E-state index contributed by atoms with van der Waals surface area (Å²) in [6.45, 7) is 8.45. The molecule has 7 heteroatoms. The third-order valence-corrected chi connectivity index (χ3v) is 4.40. The third kappa shape index (κ3) is 4.06. The molecule has 0 aliphatic rings. The van der Waals surface area contributed by atoms with E-state index in [2.05, 4.69) is 29.2 Å². The highest BCUT2D eigenvalue weighted by Crippen LogP contribution is 2.29. The van der Waals surface area contributed by atoms with Gasteiger partial charge in [0.2, 0.25) is 0 Å². The predicted octanol–water partition coefficient (Wildman–Crippen LogP) is 4.53. The fraction of sp³-hybridized carbons (Fsp3) is 0.350. The molecule has 2 heterocycles. The Morgan fingerprint density at radius 1 is 1.30 bits per heavy atom. The second-order valence-electron chi connectivity index (χ2n) is 7.02. The fourth-order valence-electron chi connectivity index (χ4n) is 2.90. The fourth-order valence-corrected chi connectivity index (χ4v) is 3.13. The summed E-state index contributed by atoms with van der Waals surface area (Å²) in [6.07, 6.45) is 0. The molecule has 2 aromatic heterocycles. The Balaban J connectivity index is 1.88. The van der Waals surface area contributed by atoms with Crippen molar-refractivity contribution in [1.82, 2.24) is 14.8 Å². The summed E-state index contributed by atoms with van der Waals surface area (Å²) in [7, 11) is 1.82.